The maximum absolute atomic E-state index is 5.87. The summed E-state index contributed by atoms with van der Waals surface area (Å²) in [6.45, 7) is 6.08. The van der Waals surface area contributed by atoms with Crippen LogP contribution in [0.4, 0.5) is 5.69 Å². The van der Waals surface area contributed by atoms with Gasteiger partial charge in [0.2, 0.25) is 0 Å². The fourth-order valence-corrected chi connectivity index (χ4v) is 1.50. The topological polar surface area (TPSA) is 59.6 Å². The minimum absolute atomic E-state index is 0.130. The van der Waals surface area contributed by atoms with Crippen LogP contribution in [0.2, 0.25) is 0 Å². The molecule has 0 aliphatic heterocycles. The number of methoxy groups -OCH3 is 1. The van der Waals surface area contributed by atoms with Gasteiger partial charge in [-0.1, -0.05) is 32.8 Å². The number of rotatable bonds is 3. The molecule has 0 spiro atoms. The van der Waals surface area contributed by atoms with Crippen molar-refractivity contribution in [3.05, 3.63) is 24.3 Å². The van der Waals surface area contributed by atoms with Gasteiger partial charge in [0.1, 0.15) is 11.8 Å². The van der Waals surface area contributed by atoms with Crippen LogP contribution < -0.4 is 15.8 Å². The number of guanidine groups is 1. The van der Waals surface area contributed by atoms with Gasteiger partial charge in [0, 0.05) is 11.8 Å². The van der Waals surface area contributed by atoms with Crippen molar-refractivity contribution in [2.75, 3.05) is 12.4 Å². The van der Waals surface area contributed by atoms with Crippen LogP contribution in [0.15, 0.2) is 29.3 Å². The van der Waals surface area contributed by atoms with Crippen LogP contribution >= 0.6 is 0 Å². The van der Waals surface area contributed by atoms with Crippen molar-refractivity contribution < 1.29 is 4.74 Å². The molecule has 102 valence electrons. The average Bonchev–Trinajstić information content (AvgIpc) is 2.34. The van der Waals surface area contributed by atoms with E-state index in [1.165, 1.54) is 0 Å². The zero-order valence-electron chi connectivity index (χ0n) is 11.9. The molecule has 0 aliphatic rings. The summed E-state index contributed by atoms with van der Waals surface area (Å²) in [7, 11) is 1.62. The summed E-state index contributed by atoms with van der Waals surface area (Å²) < 4.78 is 5.14. The normalized spacial score (nSPS) is 13.5. The number of terminal acetylenes is 1. The smallest absolute Gasteiger partial charge is 0.194 e. The van der Waals surface area contributed by atoms with E-state index in [2.05, 4.69) is 16.2 Å². The Labute approximate surface area is 115 Å². The summed E-state index contributed by atoms with van der Waals surface area (Å²) >= 11 is 0. The molecule has 3 N–H and O–H groups in total. The fourth-order valence-electron chi connectivity index (χ4n) is 1.50. The first kappa shape index (κ1) is 14.9. The number of nitrogens with zero attached hydrogens (tertiary/aromatic N) is 1. The van der Waals surface area contributed by atoms with E-state index < -0.39 is 0 Å². The molecule has 4 nitrogen and oxygen atoms in total. The Balaban J connectivity index is 2.84. The number of benzene rings is 1. The maximum atomic E-state index is 5.87. The van der Waals surface area contributed by atoms with E-state index in [1.807, 2.05) is 45.0 Å². The molecule has 0 radical (unpaired) electrons. The molecule has 0 fully saturated rings. The highest BCUT2D eigenvalue weighted by Crippen LogP contribution is 2.22. The van der Waals surface area contributed by atoms with Crippen molar-refractivity contribution in [3.8, 4) is 18.1 Å². The second-order valence-corrected chi connectivity index (χ2v) is 5.31. The first-order valence-electron chi connectivity index (χ1n) is 6.07. The standard InChI is InChI=1S/C15H21N3O/c1-6-13(15(2,3)4)18-14(16)17-11-8-7-9-12(10-11)19-5/h1,7-10,13H,2-5H3,(H3,16,17,18). The van der Waals surface area contributed by atoms with Crippen molar-refractivity contribution >= 4 is 11.6 Å². The molecule has 1 aromatic rings. The SMILES string of the molecule is C#CC(N=C(N)Nc1cccc(OC)c1)C(C)(C)C. The van der Waals surface area contributed by atoms with E-state index in [4.69, 9.17) is 16.9 Å². The van der Waals surface area contributed by atoms with E-state index in [0.29, 0.717) is 5.96 Å². The molecule has 1 unspecified atom stereocenters. The molecule has 0 aromatic heterocycles. The Kier molecular flexibility index (Phi) is 4.82. The first-order chi connectivity index (χ1) is 8.86. The first-order valence-corrected chi connectivity index (χ1v) is 6.07. The van der Waals surface area contributed by atoms with Gasteiger partial charge in [-0.2, -0.15) is 0 Å². The molecule has 0 saturated carbocycles. The van der Waals surface area contributed by atoms with E-state index in [1.54, 1.807) is 7.11 Å². The van der Waals surface area contributed by atoms with Gasteiger partial charge in [-0.25, -0.2) is 4.99 Å². The lowest BCUT2D eigenvalue weighted by Crippen LogP contribution is -2.30. The van der Waals surface area contributed by atoms with Crippen LogP contribution in [0.5, 0.6) is 5.75 Å². The van der Waals surface area contributed by atoms with E-state index in [9.17, 15) is 0 Å². The van der Waals surface area contributed by atoms with Crippen molar-refractivity contribution in [2.24, 2.45) is 16.1 Å². The third kappa shape index (κ3) is 4.55. The minimum Gasteiger partial charge on any atom is -0.497 e. The summed E-state index contributed by atoms with van der Waals surface area (Å²) in [6, 6.07) is 7.18. The number of aliphatic imine (C=N–C) groups is 1. The molecule has 1 aromatic carbocycles. The van der Waals surface area contributed by atoms with Crippen molar-refractivity contribution in [2.45, 2.75) is 26.8 Å². The summed E-state index contributed by atoms with van der Waals surface area (Å²) in [6.07, 6.45) is 5.49. The Morgan fingerprint density at radius 3 is 2.68 bits per heavy atom. The molecular formula is C15H21N3O. The molecule has 0 amide bonds. The summed E-state index contributed by atoms with van der Waals surface area (Å²) in [5.41, 5.74) is 6.55. The molecule has 0 bridgehead atoms. The lowest BCUT2D eigenvalue weighted by Gasteiger charge is -2.23. The summed E-state index contributed by atoms with van der Waals surface area (Å²) in [4.78, 5) is 4.32. The van der Waals surface area contributed by atoms with Gasteiger partial charge >= 0.3 is 0 Å². The van der Waals surface area contributed by atoms with Gasteiger partial charge in [0.05, 0.1) is 7.11 Å². The third-order valence-electron chi connectivity index (χ3n) is 2.59. The zero-order valence-corrected chi connectivity index (χ0v) is 11.9. The van der Waals surface area contributed by atoms with Crippen LogP contribution in [0.25, 0.3) is 0 Å². The Hall–Kier alpha value is -2.15. The highest BCUT2D eigenvalue weighted by Gasteiger charge is 2.22. The number of hydrogen-bond acceptors (Lipinski definition) is 2. The van der Waals surface area contributed by atoms with Gasteiger partial charge in [0.15, 0.2) is 5.96 Å². The predicted molar refractivity (Wildman–Crippen MR) is 80.3 cm³/mol. The molecule has 1 rings (SSSR count). The number of nitrogens with one attached hydrogen (secondary N) is 1. The number of anilines is 1. The van der Waals surface area contributed by atoms with Crippen LogP contribution in [0.3, 0.4) is 0 Å². The van der Waals surface area contributed by atoms with Crippen LogP contribution in [-0.4, -0.2) is 19.1 Å². The van der Waals surface area contributed by atoms with E-state index in [0.717, 1.165) is 11.4 Å². The van der Waals surface area contributed by atoms with Gasteiger partial charge in [-0.05, 0) is 17.5 Å². The average molecular weight is 259 g/mol. The van der Waals surface area contributed by atoms with Gasteiger partial charge < -0.3 is 15.8 Å². The monoisotopic (exact) mass is 259 g/mol. The number of nitrogens with two attached hydrogens (primary N) is 1. The highest BCUT2D eigenvalue weighted by molar-refractivity contribution is 5.92. The quantitative estimate of drug-likeness (QED) is 0.498. The van der Waals surface area contributed by atoms with Crippen LogP contribution in [0, 0.1) is 17.8 Å². The van der Waals surface area contributed by atoms with Gasteiger partial charge in [-0.15, -0.1) is 6.42 Å². The second kappa shape index (κ2) is 6.14. The molecule has 0 saturated heterocycles. The highest BCUT2D eigenvalue weighted by atomic mass is 16.5. The molecule has 0 aliphatic carbocycles. The summed E-state index contributed by atoms with van der Waals surface area (Å²) in [5, 5.41) is 3.01. The predicted octanol–water partition coefficient (Wildman–Crippen LogP) is 2.47. The molecule has 1 atom stereocenters. The van der Waals surface area contributed by atoms with E-state index in [-0.39, 0.29) is 11.5 Å². The number of hydrogen-bond donors (Lipinski definition) is 2. The molecule has 0 heterocycles. The summed E-state index contributed by atoms with van der Waals surface area (Å²) in [5.74, 6) is 3.70. The Morgan fingerprint density at radius 1 is 1.47 bits per heavy atom. The third-order valence-corrected chi connectivity index (χ3v) is 2.59. The van der Waals surface area contributed by atoms with Crippen LogP contribution in [0.1, 0.15) is 20.8 Å². The molecule has 19 heavy (non-hydrogen) atoms. The van der Waals surface area contributed by atoms with Crippen LogP contribution in [-0.2, 0) is 0 Å². The lowest BCUT2D eigenvalue weighted by atomic mass is 9.88. The van der Waals surface area contributed by atoms with Crippen molar-refractivity contribution in [1.29, 1.82) is 0 Å². The van der Waals surface area contributed by atoms with Crippen molar-refractivity contribution in [1.82, 2.24) is 0 Å². The second-order valence-electron chi connectivity index (χ2n) is 5.31. The van der Waals surface area contributed by atoms with Gasteiger partial charge in [0.25, 0.3) is 0 Å². The van der Waals surface area contributed by atoms with E-state index >= 15 is 0 Å². The van der Waals surface area contributed by atoms with Crippen molar-refractivity contribution in [3.63, 3.8) is 0 Å². The number of ether oxygens (including phenoxy) is 1. The Bertz CT molecular complexity index is 495. The molecular weight excluding hydrogens is 238 g/mol. The minimum atomic E-state index is -0.273. The molecule has 4 heteroatoms. The Morgan fingerprint density at radius 2 is 2.16 bits per heavy atom. The zero-order chi connectivity index (χ0) is 14.5. The fraction of sp³-hybridized carbons (Fsp3) is 0.400. The van der Waals surface area contributed by atoms with Gasteiger partial charge in [-0.3, -0.25) is 0 Å². The lowest BCUT2D eigenvalue weighted by molar-refractivity contribution is 0.376. The largest absolute Gasteiger partial charge is 0.497 e. The maximum Gasteiger partial charge on any atom is 0.194 e.